The zero-order valence-corrected chi connectivity index (χ0v) is 23.2. The van der Waals surface area contributed by atoms with Crippen LogP contribution in [0.4, 0.5) is 5.69 Å². The van der Waals surface area contributed by atoms with Gasteiger partial charge in [0.15, 0.2) is 5.78 Å². The summed E-state index contributed by atoms with van der Waals surface area (Å²) in [5, 5.41) is 3.05. The van der Waals surface area contributed by atoms with Gasteiger partial charge in [-0.1, -0.05) is 41.0 Å². The van der Waals surface area contributed by atoms with Crippen LogP contribution in [0.3, 0.4) is 0 Å². The molecule has 8 heteroatoms. The summed E-state index contributed by atoms with van der Waals surface area (Å²) >= 11 is 0. The van der Waals surface area contributed by atoms with Crippen molar-refractivity contribution in [3.63, 3.8) is 0 Å². The second kappa shape index (κ2) is 11.5. The number of carbonyl (C=O) groups is 3. The van der Waals surface area contributed by atoms with E-state index in [0.29, 0.717) is 18.5 Å². The lowest BCUT2D eigenvalue weighted by Gasteiger charge is -2.37. The molecule has 4 rings (SSSR count). The predicted octanol–water partition coefficient (Wildman–Crippen LogP) is 2.96. The molecular formula is C29H44N4O4. The quantitative estimate of drug-likeness (QED) is 0.548. The van der Waals surface area contributed by atoms with Crippen molar-refractivity contribution in [2.24, 2.45) is 11.3 Å². The molecule has 0 aliphatic carbocycles. The number of nitrogens with zero attached hydrogens (tertiary/aromatic N) is 3. The molecule has 4 atom stereocenters. The van der Waals surface area contributed by atoms with Crippen LogP contribution in [0.15, 0.2) is 24.3 Å². The lowest BCUT2D eigenvalue weighted by atomic mass is 9.80. The minimum absolute atomic E-state index is 0.0355. The highest BCUT2D eigenvalue weighted by atomic mass is 16.5. The van der Waals surface area contributed by atoms with Crippen LogP contribution in [0.25, 0.3) is 0 Å². The van der Waals surface area contributed by atoms with E-state index in [1.165, 1.54) is 0 Å². The molecule has 3 heterocycles. The standard InChI is InChI=1S/C29H44N4O4/c1-6-9-21-18-33(24-23(34)19-37-25(21)24)28(36)26(29(4,5)7-2)30-27(35)20-10-12-22(13-11-20)32-16-14-31(8-3)15-17-32/h10-13,21,24-26H,6-9,14-19H2,1-5H3,(H,30,35)/t21-,24-,25-,26-/m1/s1. The molecule has 0 unspecified atom stereocenters. The number of ether oxygens (including phenoxy) is 1. The number of rotatable bonds is 9. The van der Waals surface area contributed by atoms with Crippen LogP contribution in [0.5, 0.6) is 0 Å². The number of carbonyl (C=O) groups excluding carboxylic acids is 3. The maximum Gasteiger partial charge on any atom is 0.251 e. The van der Waals surface area contributed by atoms with Gasteiger partial charge < -0.3 is 24.8 Å². The fraction of sp³-hybridized carbons (Fsp3) is 0.690. The summed E-state index contributed by atoms with van der Waals surface area (Å²) in [6.45, 7) is 16.0. The van der Waals surface area contributed by atoms with E-state index in [4.69, 9.17) is 4.74 Å². The van der Waals surface area contributed by atoms with Gasteiger partial charge in [0.1, 0.15) is 18.7 Å². The van der Waals surface area contributed by atoms with E-state index < -0.39 is 17.5 Å². The Labute approximate surface area is 221 Å². The number of anilines is 1. The zero-order chi connectivity index (χ0) is 26.7. The predicted molar refractivity (Wildman–Crippen MR) is 145 cm³/mol. The van der Waals surface area contributed by atoms with Gasteiger partial charge in [-0.3, -0.25) is 14.4 Å². The molecule has 3 saturated heterocycles. The normalized spacial score (nSPS) is 25.3. The fourth-order valence-corrected chi connectivity index (χ4v) is 5.93. The summed E-state index contributed by atoms with van der Waals surface area (Å²) in [5.74, 6) is -0.333. The number of hydrogen-bond acceptors (Lipinski definition) is 6. The molecule has 2 amide bonds. The van der Waals surface area contributed by atoms with Gasteiger partial charge in [-0.2, -0.15) is 0 Å². The van der Waals surface area contributed by atoms with E-state index in [2.05, 4.69) is 29.0 Å². The Morgan fingerprint density at radius 1 is 1.08 bits per heavy atom. The first kappa shape index (κ1) is 27.6. The zero-order valence-electron chi connectivity index (χ0n) is 23.2. The number of benzene rings is 1. The number of fused-ring (bicyclic) bond motifs is 1. The minimum Gasteiger partial charge on any atom is -0.369 e. The monoisotopic (exact) mass is 512 g/mol. The molecule has 1 N–H and O–H groups in total. The van der Waals surface area contributed by atoms with Crippen LogP contribution in [-0.4, -0.2) is 91.5 Å². The number of ketones is 1. The van der Waals surface area contributed by atoms with Crippen molar-refractivity contribution in [3.8, 4) is 0 Å². The molecular weight excluding hydrogens is 468 g/mol. The van der Waals surface area contributed by atoms with Crippen molar-refractivity contribution >= 4 is 23.3 Å². The second-order valence-corrected chi connectivity index (χ2v) is 11.4. The van der Waals surface area contributed by atoms with Crippen molar-refractivity contribution in [1.29, 1.82) is 0 Å². The SMILES string of the molecule is CCC[C@@H]1CN(C(=O)[C@@H](NC(=O)c2ccc(N3CCN(CC)CC3)cc2)C(C)(C)CC)[C@@H]2C(=O)CO[C@H]12. The molecule has 204 valence electrons. The van der Waals surface area contributed by atoms with Crippen LogP contribution in [-0.2, 0) is 14.3 Å². The van der Waals surface area contributed by atoms with Gasteiger partial charge in [0, 0.05) is 49.9 Å². The van der Waals surface area contributed by atoms with E-state index in [9.17, 15) is 14.4 Å². The van der Waals surface area contributed by atoms with Crippen molar-refractivity contribution in [2.45, 2.75) is 72.1 Å². The third-order valence-electron chi connectivity index (χ3n) is 8.76. The maximum absolute atomic E-state index is 14.0. The summed E-state index contributed by atoms with van der Waals surface area (Å²) in [4.78, 5) is 46.5. The van der Waals surface area contributed by atoms with Gasteiger partial charge >= 0.3 is 0 Å². The molecule has 0 bridgehead atoms. The lowest BCUT2D eigenvalue weighted by molar-refractivity contribution is -0.140. The van der Waals surface area contributed by atoms with Crippen LogP contribution < -0.4 is 10.2 Å². The number of piperazine rings is 1. The highest BCUT2D eigenvalue weighted by Gasteiger charge is 2.53. The Morgan fingerprint density at radius 2 is 1.76 bits per heavy atom. The Bertz CT molecular complexity index is 971. The van der Waals surface area contributed by atoms with E-state index in [0.717, 1.165) is 51.3 Å². The molecule has 37 heavy (non-hydrogen) atoms. The van der Waals surface area contributed by atoms with E-state index in [1.807, 2.05) is 45.0 Å². The Morgan fingerprint density at radius 3 is 2.35 bits per heavy atom. The van der Waals surface area contributed by atoms with Crippen LogP contribution in [0, 0.1) is 11.3 Å². The Hall–Kier alpha value is -2.45. The van der Waals surface area contributed by atoms with Crippen LogP contribution >= 0.6 is 0 Å². The van der Waals surface area contributed by atoms with Crippen molar-refractivity contribution in [3.05, 3.63) is 29.8 Å². The number of hydrogen-bond donors (Lipinski definition) is 1. The average molecular weight is 513 g/mol. The first-order chi connectivity index (χ1) is 17.7. The first-order valence-corrected chi connectivity index (χ1v) is 14.0. The van der Waals surface area contributed by atoms with E-state index >= 15 is 0 Å². The number of nitrogens with one attached hydrogen (secondary N) is 1. The Balaban J connectivity index is 1.48. The maximum atomic E-state index is 14.0. The van der Waals surface area contributed by atoms with Gasteiger partial charge in [-0.15, -0.1) is 0 Å². The summed E-state index contributed by atoms with van der Waals surface area (Å²) in [6.07, 6.45) is 2.35. The molecule has 0 radical (unpaired) electrons. The lowest BCUT2D eigenvalue weighted by Crippen LogP contribution is -2.57. The smallest absolute Gasteiger partial charge is 0.251 e. The average Bonchev–Trinajstić information content (AvgIpc) is 3.47. The second-order valence-electron chi connectivity index (χ2n) is 11.4. The van der Waals surface area contributed by atoms with Gasteiger partial charge in [-0.25, -0.2) is 0 Å². The van der Waals surface area contributed by atoms with Gasteiger partial charge in [0.05, 0.1) is 6.10 Å². The third kappa shape index (κ3) is 5.70. The van der Waals surface area contributed by atoms with Crippen molar-refractivity contribution < 1.29 is 19.1 Å². The van der Waals surface area contributed by atoms with Gasteiger partial charge in [0.25, 0.3) is 5.91 Å². The molecule has 1 aromatic carbocycles. The molecule has 8 nitrogen and oxygen atoms in total. The number of likely N-dealkylation sites (tertiary alicyclic amines) is 1. The van der Waals surface area contributed by atoms with Crippen LogP contribution in [0.1, 0.15) is 64.2 Å². The van der Waals surface area contributed by atoms with Crippen molar-refractivity contribution in [1.82, 2.24) is 15.1 Å². The number of amides is 2. The largest absolute Gasteiger partial charge is 0.369 e. The van der Waals surface area contributed by atoms with E-state index in [1.54, 1.807) is 4.90 Å². The highest BCUT2D eigenvalue weighted by molar-refractivity contribution is 5.99. The molecule has 3 aliphatic heterocycles. The third-order valence-corrected chi connectivity index (χ3v) is 8.76. The molecule has 1 aromatic rings. The Kier molecular flexibility index (Phi) is 8.59. The van der Waals surface area contributed by atoms with Crippen molar-refractivity contribution in [2.75, 3.05) is 50.8 Å². The summed E-state index contributed by atoms with van der Waals surface area (Å²) in [5.41, 5.74) is 1.16. The summed E-state index contributed by atoms with van der Waals surface area (Å²) in [7, 11) is 0. The van der Waals surface area contributed by atoms with Gasteiger partial charge in [0.2, 0.25) is 5.91 Å². The first-order valence-electron chi connectivity index (χ1n) is 14.0. The minimum atomic E-state index is -0.735. The molecule has 3 fully saturated rings. The summed E-state index contributed by atoms with van der Waals surface area (Å²) < 4.78 is 5.81. The molecule has 3 aliphatic rings. The molecule has 0 spiro atoms. The number of Topliss-reactive ketones (excluding diaryl/α,β-unsaturated/α-hetero) is 1. The highest BCUT2D eigenvalue weighted by Crippen LogP contribution is 2.36. The number of likely N-dealkylation sites (N-methyl/N-ethyl adjacent to an activating group) is 1. The van der Waals surface area contributed by atoms with Crippen LogP contribution in [0.2, 0.25) is 0 Å². The fourth-order valence-electron chi connectivity index (χ4n) is 5.93. The molecule has 0 saturated carbocycles. The van der Waals surface area contributed by atoms with Gasteiger partial charge in [-0.05, 0) is 49.1 Å². The topological polar surface area (TPSA) is 82.2 Å². The summed E-state index contributed by atoms with van der Waals surface area (Å²) in [6, 6.07) is 6.40. The molecule has 0 aromatic heterocycles. The van der Waals surface area contributed by atoms with E-state index in [-0.39, 0.29) is 36.2 Å².